The van der Waals surface area contributed by atoms with Crippen molar-refractivity contribution in [1.29, 1.82) is 0 Å². The number of thiocarbonyl (C=S) groups is 1. The largest absolute Gasteiger partial charge is 0.353 e. The lowest BCUT2D eigenvalue weighted by Crippen LogP contribution is -2.28. The molecule has 2 N–H and O–H groups in total. The van der Waals surface area contributed by atoms with E-state index in [1.807, 2.05) is 43.3 Å². The molecule has 0 bridgehead atoms. The van der Waals surface area contributed by atoms with Crippen molar-refractivity contribution >= 4 is 50.5 Å². The quantitative estimate of drug-likeness (QED) is 0.563. The summed E-state index contributed by atoms with van der Waals surface area (Å²) < 4.78 is 6.10. The standard InChI is InChI=1S/C17H14BrClN4OS/c1-10-4-2-3-5-12(10)16-22-15(24-23-16)9-20-17(25)21-11-6-7-13(18)14(19)8-11/h2-8H,9H2,1H3,(H2,20,21,25). The number of anilines is 1. The summed E-state index contributed by atoms with van der Waals surface area (Å²) in [5.41, 5.74) is 2.83. The van der Waals surface area contributed by atoms with Crippen molar-refractivity contribution in [3.8, 4) is 11.4 Å². The molecule has 0 aliphatic carbocycles. The first-order valence-electron chi connectivity index (χ1n) is 7.41. The van der Waals surface area contributed by atoms with Crippen molar-refractivity contribution in [3.63, 3.8) is 0 Å². The summed E-state index contributed by atoms with van der Waals surface area (Å²) in [6.45, 7) is 2.33. The van der Waals surface area contributed by atoms with Gasteiger partial charge in [0.15, 0.2) is 5.11 Å². The third-order valence-corrected chi connectivity index (χ3v) is 4.91. The van der Waals surface area contributed by atoms with Crippen LogP contribution in [-0.2, 0) is 6.54 Å². The van der Waals surface area contributed by atoms with E-state index in [1.165, 1.54) is 0 Å². The van der Waals surface area contributed by atoms with E-state index in [4.69, 9.17) is 28.3 Å². The van der Waals surface area contributed by atoms with E-state index in [9.17, 15) is 0 Å². The average Bonchev–Trinajstić information content (AvgIpc) is 3.05. The van der Waals surface area contributed by atoms with Crippen LogP contribution in [0.3, 0.4) is 0 Å². The van der Waals surface area contributed by atoms with Crippen LogP contribution in [-0.4, -0.2) is 15.3 Å². The third-order valence-electron chi connectivity index (χ3n) is 3.43. The molecule has 1 aromatic heterocycles. The van der Waals surface area contributed by atoms with Gasteiger partial charge in [-0.3, -0.25) is 0 Å². The number of hydrogen-bond donors (Lipinski definition) is 2. The monoisotopic (exact) mass is 436 g/mol. The molecule has 0 spiro atoms. The van der Waals surface area contributed by atoms with Gasteiger partial charge in [0.25, 0.3) is 0 Å². The molecule has 5 nitrogen and oxygen atoms in total. The predicted octanol–water partition coefficient (Wildman–Crippen LogP) is 4.95. The van der Waals surface area contributed by atoms with Crippen molar-refractivity contribution in [2.75, 3.05) is 5.32 Å². The van der Waals surface area contributed by atoms with Gasteiger partial charge in [-0.05, 0) is 58.8 Å². The van der Waals surface area contributed by atoms with Gasteiger partial charge in [0.2, 0.25) is 11.7 Å². The van der Waals surface area contributed by atoms with Crippen LogP contribution in [0.25, 0.3) is 11.4 Å². The average molecular weight is 438 g/mol. The Hall–Kier alpha value is -1.96. The Morgan fingerprint density at radius 3 is 2.84 bits per heavy atom. The summed E-state index contributed by atoms with van der Waals surface area (Å²) in [6, 6.07) is 13.4. The molecular formula is C17H14BrClN4OS. The fourth-order valence-electron chi connectivity index (χ4n) is 2.16. The molecule has 3 aromatic rings. The summed E-state index contributed by atoms with van der Waals surface area (Å²) in [4.78, 5) is 4.39. The van der Waals surface area contributed by atoms with Gasteiger partial charge >= 0.3 is 0 Å². The zero-order valence-corrected chi connectivity index (χ0v) is 16.4. The van der Waals surface area contributed by atoms with E-state index in [-0.39, 0.29) is 0 Å². The topological polar surface area (TPSA) is 63.0 Å². The van der Waals surface area contributed by atoms with Gasteiger partial charge in [-0.2, -0.15) is 4.98 Å². The fraction of sp³-hybridized carbons (Fsp3) is 0.118. The lowest BCUT2D eigenvalue weighted by atomic mass is 10.1. The number of hydrogen-bond acceptors (Lipinski definition) is 4. The highest BCUT2D eigenvalue weighted by atomic mass is 79.9. The van der Waals surface area contributed by atoms with Gasteiger partial charge in [-0.1, -0.05) is 41.0 Å². The van der Waals surface area contributed by atoms with E-state index < -0.39 is 0 Å². The van der Waals surface area contributed by atoms with Crippen LogP contribution in [0.4, 0.5) is 5.69 Å². The molecule has 0 radical (unpaired) electrons. The minimum atomic E-state index is 0.328. The van der Waals surface area contributed by atoms with Crippen LogP contribution < -0.4 is 10.6 Å². The number of halogens is 2. The van der Waals surface area contributed by atoms with Gasteiger partial charge < -0.3 is 15.2 Å². The molecular weight excluding hydrogens is 424 g/mol. The third kappa shape index (κ3) is 4.56. The summed E-state index contributed by atoms with van der Waals surface area (Å²) in [6.07, 6.45) is 0. The van der Waals surface area contributed by atoms with Gasteiger partial charge in [-0.15, -0.1) is 0 Å². The second kappa shape index (κ2) is 7.95. The van der Waals surface area contributed by atoms with Crippen LogP contribution >= 0.6 is 39.7 Å². The van der Waals surface area contributed by atoms with Gasteiger partial charge in [0, 0.05) is 15.7 Å². The zero-order valence-electron chi connectivity index (χ0n) is 13.2. The van der Waals surface area contributed by atoms with Crippen molar-refractivity contribution < 1.29 is 4.52 Å². The zero-order chi connectivity index (χ0) is 17.8. The first kappa shape index (κ1) is 17.8. The van der Waals surface area contributed by atoms with Crippen molar-refractivity contribution in [2.45, 2.75) is 13.5 Å². The number of nitrogens with one attached hydrogen (secondary N) is 2. The number of aryl methyl sites for hydroxylation is 1. The summed E-state index contributed by atoms with van der Waals surface area (Å²) >= 11 is 14.7. The molecule has 0 fully saturated rings. The van der Waals surface area contributed by atoms with Gasteiger partial charge in [-0.25, -0.2) is 0 Å². The molecule has 0 unspecified atom stereocenters. The molecule has 0 amide bonds. The minimum absolute atomic E-state index is 0.328. The Labute approximate surface area is 163 Å². The van der Waals surface area contributed by atoms with Crippen molar-refractivity contribution in [3.05, 3.63) is 63.4 Å². The van der Waals surface area contributed by atoms with E-state index in [0.29, 0.717) is 28.4 Å². The van der Waals surface area contributed by atoms with Crippen LogP contribution in [0, 0.1) is 6.92 Å². The summed E-state index contributed by atoms with van der Waals surface area (Å²) in [7, 11) is 0. The second-order valence-electron chi connectivity index (χ2n) is 5.26. The first-order valence-corrected chi connectivity index (χ1v) is 8.99. The second-order valence-corrected chi connectivity index (χ2v) is 6.93. The Morgan fingerprint density at radius 1 is 1.28 bits per heavy atom. The number of nitrogens with zero attached hydrogens (tertiary/aromatic N) is 2. The van der Waals surface area contributed by atoms with E-state index in [1.54, 1.807) is 6.07 Å². The van der Waals surface area contributed by atoms with Crippen LogP contribution in [0.1, 0.15) is 11.5 Å². The normalized spacial score (nSPS) is 10.5. The molecule has 0 aliphatic rings. The molecule has 2 aromatic carbocycles. The maximum absolute atomic E-state index is 6.06. The number of rotatable bonds is 4. The molecule has 25 heavy (non-hydrogen) atoms. The molecule has 0 aliphatic heterocycles. The smallest absolute Gasteiger partial charge is 0.246 e. The van der Waals surface area contributed by atoms with Crippen LogP contribution in [0.15, 0.2) is 51.5 Å². The highest BCUT2D eigenvalue weighted by Crippen LogP contribution is 2.25. The molecule has 3 rings (SSSR count). The maximum atomic E-state index is 6.06. The van der Waals surface area contributed by atoms with Gasteiger partial charge in [0.1, 0.15) is 0 Å². The highest BCUT2D eigenvalue weighted by molar-refractivity contribution is 9.10. The molecule has 1 heterocycles. The van der Waals surface area contributed by atoms with Crippen LogP contribution in [0.5, 0.6) is 0 Å². The fourth-order valence-corrected chi connectivity index (χ4v) is 2.78. The SMILES string of the molecule is Cc1ccccc1-c1noc(CNC(=S)Nc2ccc(Br)c(Cl)c2)n1. The highest BCUT2D eigenvalue weighted by Gasteiger charge is 2.10. The maximum Gasteiger partial charge on any atom is 0.246 e. The Bertz CT molecular complexity index is 915. The molecule has 128 valence electrons. The Morgan fingerprint density at radius 2 is 2.08 bits per heavy atom. The predicted molar refractivity (Wildman–Crippen MR) is 107 cm³/mol. The lowest BCUT2D eigenvalue weighted by molar-refractivity contribution is 0.376. The number of benzene rings is 2. The molecule has 0 saturated carbocycles. The minimum Gasteiger partial charge on any atom is -0.353 e. The summed E-state index contributed by atoms with van der Waals surface area (Å²) in [5.74, 6) is 1.02. The Kier molecular flexibility index (Phi) is 5.67. The lowest BCUT2D eigenvalue weighted by Gasteiger charge is -2.09. The van der Waals surface area contributed by atoms with Crippen LogP contribution in [0.2, 0.25) is 5.02 Å². The summed E-state index contributed by atoms with van der Waals surface area (Å²) in [5, 5.41) is 11.1. The molecule has 8 heteroatoms. The number of aromatic nitrogens is 2. The van der Waals surface area contributed by atoms with E-state index in [0.717, 1.165) is 21.3 Å². The molecule has 0 atom stereocenters. The Balaban J connectivity index is 1.59. The first-order chi connectivity index (χ1) is 12.0. The van der Waals surface area contributed by atoms with Crippen molar-refractivity contribution in [2.24, 2.45) is 0 Å². The van der Waals surface area contributed by atoms with Gasteiger partial charge in [0.05, 0.1) is 11.6 Å². The van der Waals surface area contributed by atoms with E-state index in [2.05, 4.69) is 36.7 Å². The van der Waals surface area contributed by atoms with E-state index >= 15 is 0 Å². The molecule has 0 saturated heterocycles. The van der Waals surface area contributed by atoms with Crippen molar-refractivity contribution in [1.82, 2.24) is 15.5 Å².